The van der Waals surface area contributed by atoms with E-state index in [0.29, 0.717) is 12.2 Å². The maximum absolute atomic E-state index is 14.2. The molecule has 1 unspecified atom stereocenters. The Bertz CT molecular complexity index is 451. The number of halogens is 2. The molecule has 3 nitrogen and oxygen atoms in total. The lowest BCUT2D eigenvalue weighted by atomic mass is 10.1. The van der Waals surface area contributed by atoms with E-state index in [1.165, 1.54) is 12.1 Å². The minimum absolute atomic E-state index is 0.00857. The van der Waals surface area contributed by atoms with Crippen LogP contribution in [0.4, 0.5) is 10.1 Å². The fourth-order valence-electron chi connectivity index (χ4n) is 1.87. The standard InChI is InChI=1S/C13H17BrFNO2/c1-4-8(3)16(5-2)10-7-6-9(13(17)18)11(14)12(10)15/h6-8H,4-5H2,1-3H3,(H,17,18). The van der Waals surface area contributed by atoms with Crippen LogP contribution in [0.5, 0.6) is 0 Å². The fourth-order valence-corrected chi connectivity index (χ4v) is 2.37. The van der Waals surface area contributed by atoms with Gasteiger partial charge in [-0.05, 0) is 48.3 Å². The highest BCUT2D eigenvalue weighted by atomic mass is 79.9. The molecule has 100 valence electrons. The normalized spacial score (nSPS) is 12.3. The second-order valence-electron chi connectivity index (χ2n) is 4.11. The van der Waals surface area contributed by atoms with Gasteiger partial charge in [0, 0.05) is 12.6 Å². The third-order valence-electron chi connectivity index (χ3n) is 3.07. The van der Waals surface area contributed by atoms with Crippen molar-refractivity contribution in [2.45, 2.75) is 33.2 Å². The molecule has 0 bridgehead atoms. The summed E-state index contributed by atoms with van der Waals surface area (Å²) in [5, 5.41) is 8.92. The van der Waals surface area contributed by atoms with Crippen LogP contribution in [-0.2, 0) is 0 Å². The molecule has 1 aromatic rings. The van der Waals surface area contributed by atoms with Gasteiger partial charge in [-0.25, -0.2) is 9.18 Å². The van der Waals surface area contributed by atoms with Gasteiger partial charge in [-0.2, -0.15) is 0 Å². The highest BCUT2D eigenvalue weighted by Gasteiger charge is 2.20. The number of aromatic carboxylic acids is 1. The molecule has 0 aliphatic carbocycles. The Labute approximate surface area is 115 Å². The number of anilines is 1. The first kappa shape index (κ1) is 15.0. The molecule has 1 N–H and O–H groups in total. The molecule has 0 radical (unpaired) electrons. The predicted octanol–water partition coefficient (Wildman–Crippen LogP) is 3.91. The van der Waals surface area contributed by atoms with Gasteiger partial charge in [-0.1, -0.05) is 6.92 Å². The summed E-state index contributed by atoms with van der Waals surface area (Å²) in [6.07, 6.45) is 0.894. The van der Waals surface area contributed by atoms with Crippen LogP contribution in [0.1, 0.15) is 37.6 Å². The van der Waals surface area contributed by atoms with Gasteiger partial charge in [0.1, 0.15) is 0 Å². The van der Waals surface area contributed by atoms with Crippen LogP contribution in [0.2, 0.25) is 0 Å². The Morgan fingerprint density at radius 3 is 2.56 bits per heavy atom. The smallest absolute Gasteiger partial charge is 0.336 e. The van der Waals surface area contributed by atoms with E-state index in [4.69, 9.17) is 5.11 Å². The van der Waals surface area contributed by atoms with Crippen molar-refractivity contribution in [1.29, 1.82) is 0 Å². The molecule has 0 fully saturated rings. The van der Waals surface area contributed by atoms with Crippen LogP contribution >= 0.6 is 15.9 Å². The van der Waals surface area contributed by atoms with Crippen LogP contribution in [0.3, 0.4) is 0 Å². The number of benzene rings is 1. The maximum Gasteiger partial charge on any atom is 0.336 e. The Morgan fingerprint density at radius 2 is 2.11 bits per heavy atom. The number of nitrogens with zero attached hydrogens (tertiary/aromatic N) is 1. The monoisotopic (exact) mass is 317 g/mol. The lowest BCUT2D eigenvalue weighted by Crippen LogP contribution is -2.33. The molecule has 0 saturated carbocycles. The SMILES string of the molecule is CCC(C)N(CC)c1ccc(C(=O)O)c(Br)c1F. The molecule has 0 aromatic heterocycles. The molecule has 18 heavy (non-hydrogen) atoms. The number of rotatable bonds is 5. The molecule has 0 aliphatic heterocycles. The average Bonchev–Trinajstić information content (AvgIpc) is 2.34. The summed E-state index contributed by atoms with van der Waals surface area (Å²) in [7, 11) is 0. The Morgan fingerprint density at radius 1 is 1.50 bits per heavy atom. The van der Waals surface area contributed by atoms with Crippen molar-refractivity contribution >= 4 is 27.6 Å². The van der Waals surface area contributed by atoms with Gasteiger partial charge in [0.05, 0.1) is 15.7 Å². The van der Waals surface area contributed by atoms with E-state index in [0.717, 1.165) is 6.42 Å². The van der Waals surface area contributed by atoms with Crippen molar-refractivity contribution in [3.63, 3.8) is 0 Å². The van der Waals surface area contributed by atoms with E-state index in [1.54, 1.807) is 0 Å². The first-order chi connectivity index (χ1) is 8.43. The topological polar surface area (TPSA) is 40.5 Å². The maximum atomic E-state index is 14.2. The molecule has 0 heterocycles. The predicted molar refractivity (Wildman–Crippen MR) is 73.8 cm³/mol. The second-order valence-corrected chi connectivity index (χ2v) is 4.90. The number of hydrogen-bond acceptors (Lipinski definition) is 2. The summed E-state index contributed by atoms with van der Waals surface area (Å²) in [5.74, 6) is -1.66. The Hall–Kier alpha value is -1.10. The van der Waals surface area contributed by atoms with Crippen LogP contribution in [0, 0.1) is 5.82 Å². The zero-order valence-electron chi connectivity index (χ0n) is 10.7. The minimum Gasteiger partial charge on any atom is -0.478 e. The summed E-state index contributed by atoms with van der Waals surface area (Å²) in [4.78, 5) is 12.8. The average molecular weight is 318 g/mol. The summed E-state index contributed by atoms with van der Waals surface area (Å²) in [6, 6.07) is 3.15. The first-order valence-corrected chi connectivity index (χ1v) is 6.71. The van der Waals surface area contributed by atoms with Gasteiger partial charge in [0.2, 0.25) is 0 Å². The number of carboxylic acids is 1. The van der Waals surface area contributed by atoms with Crippen LogP contribution in [0.25, 0.3) is 0 Å². The molecular formula is C13H17BrFNO2. The zero-order chi connectivity index (χ0) is 13.9. The molecular weight excluding hydrogens is 301 g/mol. The van der Waals surface area contributed by atoms with E-state index in [9.17, 15) is 9.18 Å². The summed E-state index contributed by atoms with van der Waals surface area (Å²) >= 11 is 3.02. The lowest BCUT2D eigenvalue weighted by molar-refractivity contribution is 0.0695. The van der Waals surface area contributed by atoms with Gasteiger partial charge < -0.3 is 10.0 Å². The Kier molecular flexibility index (Phi) is 5.14. The van der Waals surface area contributed by atoms with Crippen LogP contribution < -0.4 is 4.90 Å². The summed E-state index contributed by atoms with van der Waals surface area (Å²) in [6.45, 7) is 6.67. The van der Waals surface area contributed by atoms with Gasteiger partial charge in [0.25, 0.3) is 0 Å². The highest BCUT2D eigenvalue weighted by molar-refractivity contribution is 9.10. The van der Waals surface area contributed by atoms with Gasteiger partial charge in [-0.3, -0.25) is 0 Å². The van der Waals surface area contributed by atoms with E-state index >= 15 is 0 Å². The number of carbonyl (C=O) groups is 1. The third-order valence-corrected chi connectivity index (χ3v) is 3.84. The van der Waals surface area contributed by atoms with E-state index in [1.807, 2.05) is 25.7 Å². The lowest BCUT2D eigenvalue weighted by Gasteiger charge is -2.30. The van der Waals surface area contributed by atoms with Crippen molar-refractivity contribution in [2.24, 2.45) is 0 Å². The summed E-state index contributed by atoms with van der Waals surface area (Å²) in [5.41, 5.74) is 0.375. The van der Waals surface area contributed by atoms with Crippen molar-refractivity contribution in [3.05, 3.63) is 28.0 Å². The molecule has 1 atom stereocenters. The second kappa shape index (κ2) is 6.18. The van der Waals surface area contributed by atoms with E-state index in [2.05, 4.69) is 15.9 Å². The van der Waals surface area contributed by atoms with Gasteiger partial charge in [0.15, 0.2) is 5.82 Å². The molecule has 0 spiro atoms. The third kappa shape index (κ3) is 2.83. The quantitative estimate of drug-likeness (QED) is 0.895. The van der Waals surface area contributed by atoms with Crippen molar-refractivity contribution < 1.29 is 14.3 Å². The number of hydrogen-bond donors (Lipinski definition) is 1. The van der Waals surface area contributed by atoms with Crippen LogP contribution in [-0.4, -0.2) is 23.7 Å². The van der Waals surface area contributed by atoms with Gasteiger partial charge >= 0.3 is 5.97 Å². The van der Waals surface area contributed by atoms with E-state index < -0.39 is 11.8 Å². The highest BCUT2D eigenvalue weighted by Crippen LogP contribution is 2.30. The number of carboxylic acid groups (broad SMARTS) is 1. The molecule has 1 aromatic carbocycles. The van der Waals surface area contributed by atoms with Crippen molar-refractivity contribution in [2.75, 3.05) is 11.4 Å². The van der Waals surface area contributed by atoms with Crippen molar-refractivity contribution in [1.82, 2.24) is 0 Å². The fraction of sp³-hybridized carbons (Fsp3) is 0.462. The van der Waals surface area contributed by atoms with E-state index in [-0.39, 0.29) is 16.1 Å². The zero-order valence-corrected chi connectivity index (χ0v) is 12.3. The molecule has 1 rings (SSSR count). The van der Waals surface area contributed by atoms with Crippen molar-refractivity contribution in [3.8, 4) is 0 Å². The van der Waals surface area contributed by atoms with Gasteiger partial charge in [-0.15, -0.1) is 0 Å². The first-order valence-electron chi connectivity index (χ1n) is 5.91. The largest absolute Gasteiger partial charge is 0.478 e. The molecule has 0 amide bonds. The van der Waals surface area contributed by atoms with Crippen LogP contribution in [0.15, 0.2) is 16.6 Å². The molecule has 5 heteroatoms. The Balaban J connectivity index is 3.26. The minimum atomic E-state index is -1.14. The molecule has 0 saturated heterocycles. The molecule has 0 aliphatic rings. The summed E-state index contributed by atoms with van der Waals surface area (Å²) < 4.78 is 14.2.